The summed E-state index contributed by atoms with van der Waals surface area (Å²) in [5.74, 6) is 1.01. The van der Waals surface area contributed by atoms with E-state index in [1.807, 2.05) is 24.3 Å². The Balaban J connectivity index is 1.45. The minimum absolute atomic E-state index is 0.110. The molecular formula is C28H30FNO6. The number of esters is 1. The fraction of sp³-hybridized carbons (Fsp3) is 0.250. The van der Waals surface area contributed by atoms with Crippen molar-refractivity contribution in [1.82, 2.24) is 5.32 Å². The lowest BCUT2D eigenvalue weighted by atomic mass is 10.0. The van der Waals surface area contributed by atoms with Gasteiger partial charge in [-0.05, 0) is 53.6 Å². The van der Waals surface area contributed by atoms with Crippen molar-refractivity contribution in [3.63, 3.8) is 0 Å². The summed E-state index contributed by atoms with van der Waals surface area (Å²) in [6, 6.07) is 20.1. The van der Waals surface area contributed by atoms with Crippen LogP contribution in [-0.4, -0.2) is 57.7 Å². The fourth-order valence-electron chi connectivity index (χ4n) is 3.32. The summed E-state index contributed by atoms with van der Waals surface area (Å²) >= 11 is 0. The number of carbonyl (C=O) groups excluding carboxylic acids is 1. The Morgan fingerprint density at radius 1 is 0.972 bits per heavy atom. The molecule has 8 heteroatoms. The van der Waals surface area contributed by atoms with E-state index in [0.29, 0.717) is 48.1 Å². The molecule has 0 amide bonds. The Morgan fingerprint density at radius 2 is 1.67 bits per heavy atom. The van der Waals surface area contributed by atoms with Gasteiger partial charge in [0.1, 0.15) is 30.9 Å². The van der Waals surface area contributed by atoms with E-state index in [9.17, 15) is 14.3 Å². The van der Waals surface area contributed by atoms with Crippen LogP contribution >= 0.6 is 0 Å². The summed E-state index contributed by atoms with van der Waals surface area (Å²) in [6.45, 7) is 1.43. The molecule has 0 spiro atoms. The normalized spacial score (nSPS) is 12.1. The van der Waals surface area contributed by atoms with Gasteiger partial charge in [0.05, 0.1) is 19.8 Å². The van der Waals surface area contributed by atoms with Crippen LogP contribution in [-0.2, 0) is 9.53 Å². The van der Waals surface area contributed by atoms with Crippen molar-refractivity contribution >= 4 is 17.6 Å². The van der Waals surface area contributed by atoms with Gasteiger partial charge in [0, 0.05) is 13.1 Å². The highest BCUT2D eigenvalue weighted by Gasteiger charge is 2.13. The van der Waals surface area contributed by atoms with Gasteiger partial charge in [-0.15, -0.1) is 0 Å². The zero-order valence-electron chi connectivity index (χ0n) is 20.3. The molecule has 3 aromatic rings. The summed E-state index contributed by atoms with van der Waals surface area (Å²) in [5, 5.41) is 13.3. The van der Waals surface area contributed by atoms with Gasteiger partial charge in [0.2, 0.25) is 0 Å². The molecule has 190 valence electrons. The van der Waals surface area contributed by atoms with E-state index in [1.165, 1.54) is 31.4 Å². The summed E-state index contributed by atoms with van der Waals surface area (Å²) in [5.41, 5.74) is 1.60. The molecule has 0 radical (unpaired) electrons. The van der Waals surface area contributed by atoms with Crippen LogP contribution in [0.1, 0.15) is 11.1 Å². The number of rotatable bonds is 13. The molecule has 2 N–H and O–H groups in total. The van der Waals surface area contributed by atoms with Crippen LogP contribution in [0.2, 0.25) is 0 Å². The molecule has 1 unspecified atom stereocenters. The summed E-state index contributed by atoms with van der Waals surface area (Å²) in [4.78, 5) is 12.2. The standard InChI is InChI=1S/C28H30FNO6/c1-33-26-5-3-4-6-27(26)35-16-15-30-18-23(31)19-36-24-13-7-20(8-14-24)17-25(28(32)34-2)21-9-11-22(29)12-10-21/h3-14,17,23,30-31H,15-16,18-19H2,1-2H3/b25-17+. The first-order valence-electron chi connectivity index (χ1n) is 11.4. The van der Waals surface area contributed by atoms with Gasteiger partial charge in [-0.25, -0.2) is 9.18 Å². The van der Waals surface area contributed by atoms with Crippen LogP contribution in [0.25, 0.3) is 11.6 Å². The van der Waals surface area contributed by atoms with E-state index in [4.69, 9.17) is 18.9 Å². The third kappa shape index (κ3) is 8.11. The number of methoxy groups -OCH3 is 2. The third-order valence-electron chi connectivity index (χ3n) is 5.18. The molecule has 0 aliphatic carbocycles. The van der Waals surface area contributed by atoms with Gasteiger partial charge in [0.15, 0.2) is 11.5 Å². The van der Waals surface area contributed by atoms with Crippen LogP contribution in [0.15, 0.2) is 72.8 Å². The van der Waals surface area contributed by atoms with Gasteiger partial charge >= 0.3 is 5.97 Å². The minimum Gasteiger partial charge on any atom is -0.493 e. The van der Waals surface area contributed by atoms with Crippen molar-refractivity contribution < 1.29 is 33.2 Å². The Labute approximate surface area is 210 Å². The van der Waals surface area contributed by atoms with Crippen LogP contribution in [0, 0.1) is 5.82 Å². The van der Waals surface area contributed by atoms with E-state index in [2.05, 4.69) is 5.32 Å². The van der Waals surface area contributed by atoms with E-state index in [0.717, 1.165) is 5.56 Å². The highest BCUT2D eigenvalue weighted by atomic mass is 19.1. The predicted octanol–water partition coefficient (Wildman–Crippen LogP) is 3.96. The number of hydrogen-bond acceptors (Lipinski definition) is 7. The SMILES string of the molecule is COC(=O)/C(=C/c1ccc(OCC(O)CNCCOc2ccccc2OC)cc1)c1ccc(F)cc1. The van der Waals surface area contributed by atoms with Crippen molar-refractivity contribution in [2.24, 2.45) is 0 Å². The lowest BCUT2D eigenvalue weighted by Gasteiger charge is -2.14. The number of aliphatic hydroxyl groups excluding tert-OH is 1. The second-order valence-corrected chi connectivity index (χ2v) is 7.79. The Morgan fingerprint density at radius 3 is 2.33 bits per heavy atom. The topological polar surface area (TPSA) is 86.3 Å². The molecule has 3 aromatic carbocycles. The van der Waals surface area contributed by atoms with Gasteiger partial charge in [-0.1, -0.05) is 36.4 Å². The average Bonchev–Trinajstić information content (AvgIpc) is 2.91. The minimum atomic E-state index is -0.708. The van der Waals surface area contributed by atoms with E-state index in [1.54, 1.807) is 37.5 Å². The first-order chi connectivity index (χ1) is 17.5. The van der Waals surface area contributed by atoms with Gasteiger partial charge in [-0.3, -0.25) is 0 Å². The van der Waals surface area contributed by atoms with Crippen LogP contribution in [0.3, 0.4) is 0 Å². The van der Waals surface area contributed by atoms with Crippen LogP contribution in [0.4, 0.5) is 4.39 Å². The highest BCUT2D eigenvalue weighted by Crippen LogP contribution is 2.25. The van der Waals surface area contributed by atoms with Crippen LogP contribution < -0.4 is 19.5 Å². The number of para-hydroxylation sites is 2. The lowest BCUT2D eigenvalue weighted by molar-refractivity contribution is -0.133. The molecule has 0 aliphatic heterocycles. The molecule has 0 saturated heterocycles. The quantitative estimate of drug-likeness (QED) is 0.161. The van der Waals surface area contributed by atoms with Crippen molar-refractivity contribution in [3.8, 4) is 17.2 Å². The van der Waals surface area contributed by atoms with E-state index in [-0.39, 0.29) is 12.4 Å². The van der Waals surface area contributed by atoms with Crippen molar-refractivity contribution in [2.45, 2.75) is 6.10 Å². The number of hydrogen-bond donors (Lipinski definition) is 2. The van der Waals surface area contributed by atoms with Crippen molar-refractivity contribution in [3.05, 3.63) is 89.7 Å². The summed E-state index contributed by atoms with van der Waals surface area (Å²) < 4.78 is 34.7. The average molecular weight is 496 g/mol. The summed E-state index contributed by atoms with van der Waals surface area (Å²) in [7, 11) is 2.89. The molecule has 1 atom stereocenters. The fourth-order valence-corrected chi connectivity index (χ4v) is 3.32. The number of carbonyl (C=O) groups is 1. The molecule has 0 fully saturated rings. The van der Waals surface area contributed by atoms with Crippen LogP contribution in [0.5, 0.6) is 17.2 Å². The number of aliphatic hydroxyl groups is 1. The third-order valence-corrected chi connectivity index (χ3v) is 5.18. The monoisotopic (exact) mass is 495 g/mol. The number of halogens is 1. The molecule has 0 heterocycles. The van der Waals surface area contributed by atoms with E-state index >= 15 is 0 Å². The number of benzene rings is 3. The molecule has 0 aromatic heterocycles. The Hall–Kier alpha value is -3.88. The molecule has 3 rings (SSSR count). The molecule has 0 saturated carbocycles. The lowest BCUT2D eigenvalue weighted by Crippen LogP contribution is -2.33. The zero-order chi connectivity index (χ0) is 25.8. The van der Waals surface area contributed by atoms with Gasteiger partial charge in [-0.2, -0.15) is 0 Å². The molecule has 0 aliphatic rings. The second kappa shape index (κ2) is 13.9. The summed E-state index contributed by atoms with van der Waals surface area (Å²) in [6.07, 6.45) is 0.953. The number of ether oxygens (including phenoxy) is 4. The first-order valence-corrected chi connectivity index (χ1v) is 11.4. The molecular weight excluding hydrogens is 465 g/mol. The van der Waals surface area contributed by atoms with Gasteiger partial charge in [0.25, 0.3) is 0 Å². The highest BCUT2D eigenvalue weighted by molar-refractivity contribution is 6.21. The van der Waals surface area contributed by atoms with E-state index < -0.39 is 12.1 Å². The maximum absolute atomic E-state index is 13.2. The second-order valence-electron chi connectivity index (χ2n) is 7.79. The molecule has 7 nitrogen and oxygen atoms in total. The first kappa shape index (κ1) is 26.7. The predicted molar refractivity (Wildman–Crippen MR) is 136 cm³/mol. The Kier molecular flexibility index (Phi) is 10.3. The smallest absolute Gasteiger partial charge is 0.338 e. The molecule has 36 heavy (non-hydrogen) atoms. The largest absolute Gasteiger partial charge is 0.493 e. The number of nitrogens with one attached hydrogen (secondary N) is 1. The maximum Gasteiger partial charge on any atom is 0.338 e. The molecule has 0 bridgehead atoms. The van der Waals surface area contributed by atoms with Gasteiger partial charge < -0.3 is 29.4 Å². The van der Waals surface area contributed by atoms with Crippen molar-refractivity contribution in [1.29, 1.82) is 0 Å². The Bertz CT molecular complexity index is 1130. The van der Waals surface area contributed by atoms with Crippen molar-refractivity contribution in [2.75, 3.05) is 40.5 Å². The zero-order valence-corrected chi connectivity index (χ0v) is 20.3. The maximum atomic E-state index is 13.2.